The van der Waals surface area contributed by atoms with Gasteiger partial charge in [-0.3, -0.25) is 0 Å². The molecule has 1 aromatic carbocycles. The van der Waals surface area contributed by atoms with Gasteiger partial charge < -0.3 is 15.7 Å². The molecule has 16 heavy (non-hydrogen) atoms. The molecule has 0 atom stereocenters. The van der Waals surface area contributed by atoms with Crippen LogP contribution in [-0.2, 0) is 6.42 Å². The Morgan fingerprint density at radius 1 is 1.38 bits per heavy atom. The average Bonchev–Trinajstić information content (AvgIpc) is 2.23. The third kappa shape index (κ3) is 2.74. The van der Waals surface area contributed by atoms with Crippen molar-refractivity contribution >= 4 is 5.69 Å². The van der Waals surface area contributed by atoms with Crippen LogP contribution in [0, 0.1) is 0 Å². The molecular weight excluding hydrogens is 200 g/mol. The summed E-state index contributed by atoms with van der Waals surface area (Å²) >= 11 is 0. The van der Waals surface area contributed by atoms with Gasteiger partial charge in [-0.25, -0.2) is 0 Å². The fourth-order valence-electron chi connectivity index (χ4n) is 2.29. The SMILES string of the molecule is CN1CCC(O)(Cc2cccc(N)c2)CC1. The molecule has 3 nitrogen and oxygen atoms in total. The lowest BCUT2D eigenvalue weighted by molar-refractivity contribution is -0.0150. The van der Waals surface area contributed by atoms with Crippen molar-refractivity contribution in [2.24, 2.45) is 0 Å². The molecule has 3 N–H and O–H groups in total. The molecule has 1 heterocycles. The van der Waals surface area contributed by atoms with E-state index in [2.05, 4.69) is 11.9 Å². The van der Waals surface area contributed by atoms with Gasteiger partial charge in [-0.1, -0.05) is 12.1 Å². The minimum absolute atomic E-state index is 0.541. The van der Waals surface area contributed by atoms with Gasteiger partial charge >= 0.3 is 0 Å². The predicted octanol–water partition coefficient (Wildman–Crippen LogP) is 1.27. The molecule has 1 saturated heterocycles. The Morgan fingerprint density at radius 3 is 2.69 bits per heavy atom. The molecule has 0 aliphatic carbocycles. The van der Waals surface area contributed by atoms with Gasteiger partial charge in [0.25, 0.3) is 0 Å². The van der Waals surface area contributed by atoms with Crippen LogP contribution in [0.2, 0.25) is 0 Å². The first kappa shape index (κ1) is 11.4. The molecule has 0 bridgehead atoms. The van der Waals surface area contributed by atoms with Gasteiger partial charge in [0.15, 0.2) is 0 Å². The molecule has 0 saturated carbocycles. The number of nitrogen functional groups attached to an aromatic ring is 1. The number of benzene rings is 1. The van der Waals surface area contributed by atoms with E-state index < -0.39 is 5.60 Å². The van der Waals surface area contributed by atoms with Crippen LogP contribution in [0.15, 0.2) is 24.3 Å². The highest BCUT2D eigenvalue weighted by atomic mass is 16.3. The van der Waals surface area contributed by atoms with Crippen LogP contribution in [0.3, 0.4) is 0 Å². The average molecular weight is 220 g/mol. The number of hydrogen-bond acceptors (Lipinski definition) is 3. The normalized spacial score (nSPS) is 20.9. The van der Waals surface area contributed by atoms with E-state index in [9.17, 15) is 5.11 Å². The van der Waals surface area contributed by atoms with Crippen LogP contribution >= 0.6 is 0 Å². The minimum atomic E-state index is -0.541. The summed E-state index contributed by atoms with van der Waals surface area (Å²) in [5.74, 6) is 0. The van der Waals surface area contributed by atoms with Gasteiger partial charge in [0.1, 0.15) is 0 Å². The summed E-state index contributed by atoms with van der Waals surface area (Å²) < 4.78 is 0. The molecule has 1 fully saturated rings. The highest BCUT2D eigenvalue weighted by molar-refractivity contribution is 5.41. The van der Waals surface area contributed by atoms with Crippen LogP contribution in [0.25, 0.3) is 0 Å². The molecule has 0 amide bonds. The number of hydrogen-bond donors (Lipinski definition) is 2. The van der Waals surface area contributed by atoms with E-state index >= 15 is 0 Å². The summed E-state index contributed by atoms with van der Waals surface area (Å²) in [6.45, 7) is 1.94. The second-order valence-electron chi connectivity index (χ2n) is 4.95. The van der Waals surface area contributed by atoms with Crippen molar-refractivity contribution in [3.63, 3.8) is 0 Å². The molecule has 0 unspecified atom stereocenters. The molecule has 1 aliphatic rings. The fourth-order valence-corrected chi connectivity index (χ4v) is 2.29. The third-order valence-electron chi connectivity index (χ3n) is 3.40. The van der Waals surface area contributed by atoms with E-state index in [0.29, 0.717) is 6.42 Å². The fraction of sp³-hybridized carbons (Fsp3) is 0.538. The lowest BCUT2D eigenvalue weighted by Crippen LogP contribution is -2.44. The third-order valence-corrected chi connectivity index (χ3v) is 3.40. The molecule has 0 radical (unpaired) electrons. The van der Waals surface area contributed by atoms with Gasteiger partial charge in [0.05, 0.1) is 5.60 Å². The molecular formula is C13H20N2O. The number of aliphatic hydroxyl groups is 1. The summed E-state index contributed by atoms with van der Waals surface area (Å²) in [5.41, 5.74) is 7.10. The van der Waals surface area contributed by atoms with Crippen molar-refractivity contribution in [2.45, 2.75) is 24.9 Å². The van der Waals surface area contributed by atoms with Gasteiger partial charge in [0, 0.05) is 25.2 Å². The number of anilines is 1. The van der Waals surface area contributed by atoms with E-state index in [4.69, 9.17) is 5.73 Å². The Labute approximate surface area is 96.9 Å². The first-order valence-electron chi connectivity index (χ1n) is 5.83. The Balaban J connectivity index is 2.03. The molecule has 3 heteroatoms. The van der Waals surface area contributed by atoms with Crippen molar-refractivity contribution in [2.75, 3.05) is 25.9 Å². The van der Waals surface area contributed by atoms with Crippen LogP contribution < -0.4 is 5.73 Å². The standard InChI is InChI=1S/C13H20N2O/c1-15-7-5-13(16,6-8-15)10-11-3-2-4-12(14)9-11/h2-4,9,16H,5-8,10,14H2,1H3. The second-order valence-corrected chi connectivity index (χ2v) is 4.95. The van der Waals surface area contributed by atoms with Gasteiger partial charge in [0.2, 0.25) is 0 Å². The highest BCUT2D eigenvalue weighted by Crippen LogP contribution is 2.26. The zero-order chi connectivity index (χ0) is 11.6. The molecule has 88 valence electrons. The monoisotopic (exact) mass is 220 g/mol. The zero-order valence-corrected chi connectivity index (χ0v) is 9.82. The van der Waals surface area contributed by atoms with Crippen LogP contribution in [0.1, 0.15) is 18.4 Å². The smallest absolute Gasteiger partial charge is 0.0712 e. The summed E-state index contributed by atoms with van der Waals surface area (Å²) in [4.78, 5) is 2.26. The van der Waals surface area contributed by atoms with E-state index in [0.717, 1.165) is 37.2 Å². The second kappa shape index (κ2) is 4.44. The summed E-state index contributed by atoms with van der Waals surface area (Å²) in [7, 11) is 2.10. The topological polar surface area (TPSA) is 49.5 Å². The minimum Gasteiger partial charge on any atom is -0.399 e. The molecule has 0 spiro atoms. The number of piperidine rings is 1. The van der Waals surface area contributed by atoms with Crippen LogP contribution in [0.4, 0.5) is 5.69 Å². The van der Waals surface area contributed by atoms with E-state index in [-0.39, 0.29) is 0 Å². The zero-order valence-electron chi connectivity index (χ0n) is 9.82. The van der Waals surface area contributed by atoms with Crippen molar-refractivity contribution in [1.82, 2.24) is 4.90 Å². The van der Waals surface area contributed by atoms with Gasteiger partial charge in [-0.05, 0) is 37.6 Å². The molecule has 1 aliphatic heterocycles. The highest BCUT2D eigenvalue weighted by Gasteiger charge is 2.31. The summed E-state index contributed by atoms with van der Waals surface area (Å²) in [6.07, 6.45) is 2.41. The predicted molar refractivity (Wildman–Crippen MR) is 66.2 cm³/mol. The Kier molecular flexibility index (Phi) is 3.17. The number of rotatable bonds is 2. The van der Waals surface area contributed by atoms with Gasteiger partial charge in [-0.15, -0.1) is 0 Å². The lowest BCUT2D eigenvalue weighted by atomic mass is 9.85. The quantitative estimate of drug-likeness (QED) is 0.738. The van der Waals surface area contributed by atoms with E-state index in [1.165, 1.54) is 0 Å². The summed E-state index contributed by atoms with van der Waals surface area (Å²) in [5, 5.41) is 10.5. The van der Waals surface area contributed by atoms with Crippen molar-refractivity contribution in [3.8, 4) is 0 Å². The Hall–Kier alpha value is -1.06. The first-order chi connectivity index (χ1) is 7.57. The largest absolute Gasteiger partial charge is 0.399 e. The van der Waals surface area contributed by atoms with Crippen LogP contribution in [0.5, 0.6) is 0 Å². The number of likely N-dealkylation sites (tertiary alicyclic amines) is 1. The van der Waals surface area contributed by atoms with Crippen molar-refractivity contribution in [3.05, 3.63) is 29.8 Å². The van der Waals surface area contributed by atoms with Crippen molar-refractivity contribution in [1.29, 1.82) is 0 Å². The Bertz CT molecular complexity index is 357. The van der Waals surface area contributed by atoms with E-state index in [1.807, 2.05) is 24.3 Å². The molecule has 0 aromatic heterocycles. The number of nitrogens with zero attached hydrogens (tertiary/aromatic N) is 1. The first-order valence-corrected chi connectivity index (χ1v) is 5.83. The Morgan fingerprint density at radius 2 is 2.06 bits per heavy atom. The summed E-state index contributed by atoms with van der Waals surface area (Å²) in [6, 6.07) is 7.81. The van der Waals surface area contributed by atoms with Gasteiger partial charge in [-0.2, -0.15) is 0 Å². The maximum atomic E-state index is 10.5. The molecule has 1 aromatic rings. The van der Waals surface area contributed by atoms with Crippen molar-refractivity contribution < 1.29 is 5.11 Å². The van der Waals surface area contributed by atoms with E-state index in [1.54, 1.807) is 0 Å². The lowest BCUT2D eigenvalue weighted by Gasteiger charge is -2.36. The van der Waals surface area contributed by atoms with Crippen LogP contribution in [-0.4, -0.2) is 35.7 Å². The number of nitrogens with two attached hydrogens (primary N) is 1. The molecule has 2 rings (SSSR count). The maximum Gasteiger partial charge on any atom is 0.0712 e. The maximum absolute atomic E-state index is 10.5.